The average molecular weight is 469 g/mol. The van der Waals surface area contributed by atoms with Gasteiger partial charge in [0.25, 0.3) is 5.56 Å². The Labute approximate surface area is 191 Å². The molecule has 0 saturated heterocycles. The van der Waals surface area contributed by atoms with Gasteiger partial charge in [0.05, 0.1) is 22.9 Å². The van der Waals surface area contributed by atoms with Crippen molar-refractivity contribution in [3.63, 3.8) is 0 Å². The molecule has 1 aliphatic heterocycles. The van der Waals surface area contributed by atoms with Crippen LogP contribution in [0.4, 0.5) is 0 Å². The van der Waals surface area contributed by atoms with E-state index in [-0.39, 0.29) is 17.9 Å². The molecule has 0 radical (unpaired) electrons. The van der Waals surface area contributed by atoms with E-state index >= 15 is 0 Å². The van der Waals surface area contributed by atoms with Crippen LogP contribution < -0.4 is 19.6 Å². The summed E-state index contributed by atoms with van der Waals surface area (Å²) in [5.41, 5.74) is 1.27. The summed E-state index contributed by atoms with van der Waals surface area (Å²) in [7, 11) is 1.46. The zero-order chi connectivity index (χ0) is 22.8. The van der Waals surface area contributed by atoms with E-state index in [0.29, 0.717) is 31.9 Å². The summed E-state index contributed by atoms with van der Waals surface area (Å²) < 4.78 is 12.4. The third-order valence-electron chi connectivity index (χ3n) is 4.89. The Morgan fingerprint density at radius 1 is 1.38 bits per heavy atom. The molecule has 4 rings (SSSR count). The lowest BCUT2D eigenvalue weighted by atomic mass is 10.0. The number of carbonyl (C=O) groups is 1. The zero-order valence-electron chi connectivity index (χ0n) is 17.4. The molecule has 7 nitrogen and oxygen atoms in total. The number of esters is 1. The molecule has 0 fully saturated rings. The van der Waals surface area contributed by atoms with Crippen LogP contribution in [0.25, 0.3) is 6.08 Å². The Morgan fingerprint density at radius 2 is 2.19 bits per heavy atom. The minimum atomic E-state index is -0.625. The number of phenols is 1. The number of ether oxygens (including phenoxy) is 2. The van der Waals surface area contributed by atoms with Crippen LogP contribution in [0.5, 0.6) is 11.5 Å². The maximum Gasteiger partial charge on any atom is 0.338 e. The Balaban J connectivity index is 1.89. The van der Waals surface area contributed by atoms with Crippen LogP contribution in [-0.2, 0) is 9.53 Å². The molecule has 0 aliphatic carbocycles. The molecule has 1 aliphatic rings. The maximum atomic E-state index is 13.4. The Hall–Kier alpha value is -3.43. The van der Waals surface area contributed by atoms with Gasteiger partial charge >= 0.3 is 5.97 Å². The standard InChI is InChI=1S/C23H20N2O5S2/c1-4-9-30-22(28)19-13(2)24-23-25(20(19)17-6-5-10-31-17)21(27)18(32-23)12-14-7-8-15(26)16(11-14)29-3/h4-8,10-12,20,26H,1,9H2,2-3H3. The fourth-order valence-corrected chi connectivity index (χ4v) is 5.32. The Bertz CT molecular complexity index is 1400. The first-order valence-electron chi connectivity index (χ1n) is 9.65. The summed E-state index contributed by atoms with van der Waals surface area (Å²) in [5.74, 6) is -0.199. The summed E-state index contributed by atoms with van der Waals surface area (Å²) in [4.78, 5) is 32.2. The van der Waals surface area contributed by atoms with Gasteiger partial charge in [-0.2, -0.15) is 0 Å². The predicted molar refractivity (Wildman–Crippen MR) is 124 cm³/mol. The molecule has 1 atom stereocenters. The van der Waals surface area contributed by atoms with Gasteiger partial charge in [-0.05, 0) is 42.1 Å². The molecular formula is C23H20N2O5S2. The van der Waals surface area contributed by atoms with Crippen LogP contribution in [0.3, 0.4) is 0 Å². The highest BCUT2D eigenvalue weighted by molar-refractivity contribution is 7.10. The fraction of sp³-hybridized carbons (Fsp3) is 0.174. The molecule has 0 bridgehead atoms. The van der Waals surface area contributed by atoms with E-state index in [2.05, 4.69) is 11.6 Å². The van der Waals surface area contributed by atoms with Crippen molar-refractivity contribution in [3.05, 3.63) is 89.8 Å². The molecule has 0 saturated carbocycles. The van der Waals surface area contributed by atoms with Crippen molar-refractivity contribution >= 4 is 34.7 Å². The predicted octanol–water partition coefficient (Wildman–Crippen LogP) is 2.74. The monoisotopic (exact) mass is 468 g/mol. The first-order valence-corrected chi connectivity index (χ1v) is 11.3. The van der Waals surface area contributed by atoms with Crippen molar-refractivity contribution in [1.29, 1.82) is 0 Å². The average Bonchev–Trinajstić information content (AvgIpc) is 3.41. The number of benzene rings is 1. The highest BCUT2D eigenvalue weighted by Gasteiger charge is 2.33. The first-order chi connectivity index (χ1) is 15.4. The van der Waals surface area contributed by atoms with Crippen molar-refractivity contribution in [1.82, 2.24) is 4.57 Å². The second-order valence-electron chi connectivity index (χ2n) is 6.92. The molecule has 0 amide bonds. The van der Waals surface area contributed by atoms with Crippen LogP contribution in [0.2, 0.25) is 0 Å². The lowest BCUT2D eigenvalue weighted by Gasteiger charge is -2.23. The van der Waals surface area contributed by atoms with E-state index in [4.69, 9.17) is 9.47 Å². The van der Waals surface area contributed by atoms with E-state index in [0.717, 1.165) is 4.88 Å². The minimum absolute atomic E-state index is 0.0158. The molecular weight excluding hydrogens is 448 g/mol. The van der Waals surface area contributed by atoms with Gasteiger partial charge in [-0.15, -0.1) is 11.3 Å². The van der Waals surface area contributed by atoms with Gasteiger partial charge in [0.2, 0.25) is 0 Å². The van der Waals surface area contributed by atoms with Gasteiger partial charge in [0, 0.05) is 4.88 Å². The van der Waals surface area contributed by atoms with Crippen LogP contribution in [-0.4, -0.2) is 29.4 Å². The number of thiophene rings is 1. The quantitative estimate of drug-likeness (QED) is 0.444. The van der Waals surface area contributed by atoms with E-state index in [1.54, 1.807) is 25.1 Å². The molecule has 1 unspecified atom stereocenters. The number of allylic oxidation sites excluding steroid dienone is 1. The number of phenolic OH excluding ortho intramolecular Hbond substituents is 1. The Morgan fingerprint density at radius 3 is 2.88 bits per heavy atom. The molecule has 2 aromatic heterocycles. The molecule has 32 heavy (non-hydrogen) atoms. The second-order valence-corrected chi connectivity index (χ2v) is 8.90. The number of nitrogens with zero attached hydrogens (tertiary/aromatic N) is 2. The highest BCUT2D eigenvalue weighted by atomic mass is 32.1. The van der Waals surface area contributed by atoms with Gasteiger partial charge in [0.1, 0.15) is 12.6 Å². The van der Waals surface area contributed by atoms with E-state index in [1.165, 1.54) is 46.5 Å². The molecule has 1 aromatic carbocycles. The number of methoxy groups -OCH3 is 1. The van der Waals surface area contributed by atoms with Crippen molar-refractivity contribution in [2.24, 2.45) is 4.99 Å². The number of aromatic hydroxyl groups is 1. The van der Waals surface area contributed by atoms with E-state index in [9.17, 15) is 14.7 Å². The van der Waals surface area contributed by atoms with Gasteiger partial charge in [0.15, 0.2) is 16.3 Å². The second kappa shape index (κ2) is 8.97. The number of thiazole rings is 1. The first kappa shape index (κ1) is 21.8. The van der Waals surface area contributed by atoms with Gasteiger partial charge in [-0.1, -0.05) is 36.1 Å². The molecule has 164 valence electrons. The maximum absolute atomic E-state index is 13.4. The minimum Gasteiger partial charge on any atom is -0.504 e. The van der Waals surface area contributed by atoms with Crippen LogP contribution in [0, 0.1) is 0 Å². The van der Waals surface area contributed by atoms with Gasteiger partial charge in [-0.25, -0.2) is 9.79 Å². The third kappa shape index (κ3) is 3.92. The number of hydrogen-bond acceptors (Lipinski definition) is 8. The van der Waals surface area contributed by atoms with Crippen LogP contribution >= 0.6 is 22.7 Å². The van der Waals surface area contributed by atoms with Crippen molar-refractivity contribution in [2.45, 2.75) is 13.0 Å². The topological polar surface area (TPSA) is 90.1 Å². The molecule has 1 N–H and O–H groups in total. The summed E-state index contributed by atoms with van der Waals surface area (Å²) in [5, 5.41) is 11.7. The van der Waals surface area contributed by atoms with E-state index in [1.807, 2.05) is 17.5 Å². The summed E-state index contributed by atoms with van der Waals surface area (Å²) in [6.07, 6.45) is 3.21. The number of rotatable bonds is 6. The highest BCUT2D eigenvalue weighted by Crippen LogP contribution is 2.33. The van der Waals surface area contributed by atoms with Gasteiger partial charge in [-0.3, -0.25) is 9.36 Å². The summed E-state index contributed by atoms with van der Waals surface area (Å²) >= 11 is 2.69. The lowest BCUT2D eigenvalue weighted by molar-refractivity contribution is -0.138. The molecule has 0 spiro atoms. The lowest BCUT2D eigenvalue weighted by Crippen LogP contribution is -2.39. The zero-order valence-corrected chi connectivity index (χ0v) is 19.0. The largest absolute Gasteiger partial charge is 0.504 e. The third-order valence-corrected chi connectivity index (χ3v) is 6.80. The fourth-order valence-electron chi connectivity index (χ4n) is 3.45. The van der Waals surface area contributed by atoms with Gasteiger partial charge < -0.3 is 14.6 Å². The molecule has 3 heterocycles. The number of carbonyl (C=O) groups excluding carboxylic acids is 1. The Kier molecular flexibility index (Phi) is 6.11. The SMILES string of the molecule is C=CCOC(=O)C1=C(C)N=c2sc(=Cc3ccc(O)c(OC)c3)c(=O)n2C1c1cccs1. The molecule has 3 aromatic rings. The summed E-state index contributed by atoms with van der Waals surface area (Å²) in [6, 6.07) is 7.98. The van der Waals surface area contributed by atoms with Crippen LogP contribution in [0.15, 0.2) is 69.4 Å². The van der Waals surface area contributed by atoms with Crippen LogP contribution in [0.1, 0.15) is 23.4 Å². The smallest absolute Gasteiger partial charge is 0.338 e. The number of aromatic nitrogens is 1. The van der Waals surface area contributed by atoms with Crippen molar-refractivity contribution < 1.29 is 19.4 Å². The van der Waals surface area contributed by atoms with E-state index < -0.39 is 12.0 Å². The number of fused-ring (bicyclic) bond motifs is 1. The normalized spacial score (nSPS) is 15.8. The summed E-state index contributed by atoms with van der Waals surface area (Å²) in [6.45, 7) is 5.39. The van der Waals surface area contributed by atoms with Crippen molar-refractivity contribution in [2.75, 3.05) is 13.7 Å². The molecule has 9 heteroatoms. The van der Waals surface area contributed by atoms with Crippen molar-refractivity contribution in [3.8, 4) is 11.5 Å². The number of hydrogen-bond donors (Lipinski definition) is 1.